The Morgan fingerprint density at radius 3 is 2.75 bits per heavy atom. The van der Waals surface area contributed by atoms with Crippen LogP contribution >= 0.6 is 0 Å². The maximum atomic E-state index is 4.81. The van der Waals surface area contributed by atoms with E-state index in [9.17, 15) is 0 Å². The lowest BCUT2D eigenvalue weighted by atomic mass is 9.84. The second-order valence-corrected chi connectivity index (χ2v) is 5.72. The summed E-state index contributed by atoms with van der Waals surface area (Å²) >= 11 is 0. The SMILES string of the molecule is Cc1cccc2nc3c(n12)CC(c1ccccc1)CC3. The van der Waals surface area contributed by atoms with Crippen LogP contribution < -0.4 is 0 Å². The largest absolute Gasteiger partial charge is 0.301 e. The fourth-order valence-electron chi connectivity index (χ4n) is 3.44. The minimum Gasteiger partial charge on any atom is -0.301 e. The van der Waals surface area contributed by atoms with Gasteiger partial charge in [0, 0.05) is 11.4 Å². The lowest BCUT2D eigenvalue weighted by Gasteiger charge is -2.22. The van der Waals surface area contributed by atoms with Crippen LogP contribution in [0, 0.1) is 6.92 Å². The van der Waals surface area contributed by atoms with Crippen molar-refractivity contribution in [3.05, 3.63) is 71.2 Å². The number of hydrogen-bond donors (Lipinski definition) is 0. The smallest absolute Gasteiger partial charge is 0.137 e. The van der Waals surface area contributed by atoms with Crippen molar-refractivity contribution in [2.24, 2.45) is 0 Å². The van der Waals surface area contributed by atoms with Gasteiger partial charge in [0.1, 0.15) is 5.65 Å². The molecule has 0 amide bonds. The van der Waals surface area contributed by atoms with Gasteiger partial charge in [-0.25, -0.2) is 4.98 Å². The number of hydrogen-bond acceptors (Lipinski definition) is 1. The van der Waals surface area contributed by atoms with Crippen LogP contribution in [0.15, 0.2) is 48.5 Å². The maximum absolute atomic E-state index is 4.81. The van der Waals surface area contributed by atoms with Crippen molar-refractivity contribution in [2.45, 2.75) is 32.1 Å². The predicted octanol–water partition coefficient (Wildman–Crippen LogP) is 3.92. The third-order valence-electron chi connectivity index (χ3n) is 4.46. The van der Waals surface area contributed by atoms with Gasteiger partial charge in [-0.1, -0.05) is 36.4 Å². The monoisotopic (exact) mass is 262 g/mol. The van der Waals surface area contributed by atoms with Gasteiger partial charge in [-0.15, -0.1) is 0 Å². The van der Waals surface area contributed by atoms with Gasteiger partial charge in [0.25, 0.3) is 0 Å². The Bertz CT molecular complexity index is 756. The van der Waals surface area contributed by atoms with Gasteiger partial charge in [0.2, 0.25) is 0 Å². The molecule has 100 valence electrons. The predicted molar refractivity (Wildman–Crippen MR) is 81.1 cm³/mol. The van der Waals surface area contributed by atoms with Crippen LogP contribution in [0.1, 0.15) is 35.0 Å². The van der Waals surface area contributed by atoms with E-state index in [0.29, 0.717) is 5.92 Å². The third-order valence-corrected chi connectivity index (χ3v) is 4.46. The molecule has 2 aromatic heterocycles. The van der Waals surface area contributed by atoms with Crippen LogP contribution in [-0.4, -0.2) is 9.38 Å². The number of pyridine rings is 1. The first-order valence-corrected chi connectivity index (χ1v) is 7.34. The van der Waals surface area contributed by atoms with Crippen molar-refractivity contribution in [3.8, 4) is 0 Å². The molecule has 0 bridgehead atoms. The number of fused-ring (bicyclic) bond motifs is 3. The minimum atomic E-state index is 0.628. The molecule has 1 aliphatic rings. The van der Waals surface area contributed by atoms with E-state index in [2.05, 4.69) is 59.9 Å². The summed E-state index contributed by atoms with van der Waals surface area (Å²) in [5, 5.41) is 0. The summed E-state index contributed by atoms with van der Waals surface area (Å²) in [6.07, 6.45) is 3.40. The highest BCUT2D eigenvalue weighted by molar-refractivity contribution is 5.46. The van der Waals surface area contributed by atoms with Crippen molar-refractivity contribution in [2.75, 3.05) is 0 Å². The number of aromatic nitrogens is 2. The molecule has 0 aliphatic heterocycles. The highest BCUT2D eigenvalue weighted by atomic mass is 15.0. The highest BCUT2D eigenvalue weighted by Gasteiger charge is 2.24. The van der Waals surface area contributed by atoms with Gasteiger partial charge in [0.15, 0.2) is 0 Å². The van der Waals surface area contributed by atoms with Gasteiger partial charge in [-0.2, -0.15) is 0 Å². The Morgan fingerprint density at radius 2 is 1.90 bits per heavy atom. The number of imidazole rings is 1. The van der Waals surface area contributed by atoms with E-state index >= 15 is 0 Å². The summed E-state index contributed by atoms with van der Waals surface area (Å²) in [5.74, 6) is 0.628. The first-order valence-electron chi connectivity index (χ1n) is 7.34. The molecule has 0 fully saturated rings. The molecular weight excluding hydrogens is 244 g/mol. The standard InChI is InChI=1S/C18H18N2/c1-13-6-5-9-18-19-16-11-10-15(12-17(16)20(13)18)14-7-3-2-4-8-14/h2-9,15H,10-12H2,1H3. The molecule has 1 aliphatic carbocycles. The van der Waals surface area contributed by atoms with E-state index in [-0.39, 0.29) is 0 Å². The fraction of sp³-hybridized carbons (Fsp3) is 0.278. The highest BCUT2D eigenvalue weighted by Crippen LogP contribution is 2.33. The zero-order chi connectivity index (χ0) is 13.5. The molecule has 1 atom stereocenters. The second-order valence-electron chi connectivity index (χ2n) is 5.72. The average Bonchev–Trinajstić information content (AvgIpc) is 2.87. The van der Waals surface area contributed by atoms with E-state index in [1.54, 1.807) is 0 Å². The van der Waals surface area contributed by atoms with Crippen LogP contribution in [0.4, 0.5) is 0 Å². The average molecular weight is 262 g/mol. The van der Waals surface area contributed by atoms with Crippen molar-refractivity contribution in [3.63, 3.8) is 0 Å². The van der Waals surface area contributed by atoms with E-state index in [0.717, 1.165) is 18.5 Å². The summed E-state index contributed by atoms with van der Waals surface area (Å²) in [7, 11) is 0. The van der Waals surface area contributed by atoms with Gasteiger partial charge in [-0.3, -0.25) is 0 Å². The van der Waals surface area contributed by atoms with Gasteiger partial charge >= 0.3 is 0 Å². The molecule has 4 rings (SSSR count). The summed E-state index contributed by atoms with van der Waals surface area (Å²) in [6, 6.07) is 17.3. The Kier molecular flexibility index (Phi) is 2.62. The minimum absolute atomic E-state index is 0.628. The van der Waals surface area contributed by atoms with Crippen LogP contribution in [0.2, 0.25) is 0 Å². The van der Waals surface area contributed by atoms with Crippen molar-refractivity contribution < 1.29 is 0 Å². The first-order chi connectivity index (χ1) is 9.83. The Hall–Kier alpha value is -2.09. The normalized spacial score (nSPS) is 18.1. The van der Waals surface area contributed by atoms with Crippen molar-refractivity contribution in [1.29, 1.82) is 0 Å². The summed E-state index contributed by atoms with van der Waals surface area (Å²) in [4.78, 5) is 4.81. The van der Waals surface area contributed by atoms with Crippen molar-refractivity contribution >= 4 is 5.65 Å². The number of nitrogens with zero attached hydrogens (tertiary/aromatic N) is 2. The van der Waals surface area contributed by atoms with Gasteiger partial charge in [-0.05, 0) is 49.8 Å². The quantitative estimate of drug-likeness (QED) is 0.650. The molecule has 0 radical (unpaired) electrons. The van der Waals surface area contributed by atoms with E-state index in [1.807, 2.05) is 0 Å². The zero-order valence-corrected chi connectivity index (χ0v) is 11.7. The molecule has 1 unspecified atom stereocenters. The van der Waals surface area contributed by atoms with Gasteiger partial charge in [0.05, 0.1) is 5.69 Å². The number of rotatable bonds is 1. The van der Waals surface area contributed by atoms with E-state index in [1.165, 1.54) is 29.1 Å². The molecule has 2 heterocycles. The molecule has 2 heteroatoms. The second kappa shape index (κ2) is 4.48. The summed E-state index contributed by atoms with van der Waals surface area (Å²) < 4.78 is 2.34. The Balaban J connectivity index is 1.81. The van der Waals surface area contributed by atoms with Crippen LogP contribution in [-0.2, 0) is 12.8 Å². The molecule has 0 N–H and O–H groups in total. The molecule has 20 heavy (non-hydrogen) atoms. The zero-order valence-electron chi connectivity index (χ0n) is 11.7. The van der Waals surface area contributed by atoms with Crippen LogP contribution in [0.5, 0.6) is 0 Å². The number of aryl methyl sites for hydroxylation is 2. The Labute approximate surface area is 119 Å². The van der Waals surface area contributed by atoms with Crippen molar-refractivity contribution in [1.82, 2.24) is 9.38 Å². The lowest BCUT2D eigenvalue weighted by molar-refractivity contribution is 0.566. The fourth-order valence-corrected chi connectivity index (χ4v) is 3.44. The van der Waals surface area contributed by atoms with Crippen LogP contribution in [0.3, 0.4) is 0 Å². The summed E-state index contributed by atoms with van der Waals surface area (Å²) in [5.41, 5.74) is 6.56. The molecule has 0 saturated heterocycles. The Morgan fingerprint density at radius 1 is 1.05 bits per heavy atom. The number of benzene rings is 1. The lowest BCUT2D eigenvalue weighted by Crippen LogP contribution is -2.14. The van der Waals surface area contributed by atoms with Crippen LogP contribution in [0.25, 0.3) is 5.65 Å². The molecule has 2 nitrogen and oxygen atoms in total. The van der Waals surface area contributed by atoms with E-state index < -0.39 is 0 Å². The third kappa shape index (κ3) is 1.75. The molecule has 1 aromatic carbocycles. The molecule has 3 aromatic rings. The topological polar surface area (TPSA) is 17.3 Å². The van der Waals surface area contributed by atoms with E-state index in [4.69, 9.17) is 4.98 Å². The first kappa shape index (κ1) is 11.7. The molecule has 0 saturated carbocycles. The summed E-state index contributed by atoms with van der Waals surface area (Å²) in [6.45, 7) is 2.17. The molecule has 0 spiro atoms. The van der Waals surface area contributed by atoms with Gasteiger partial charge < -0.3 is 4.40 Å². The maximum Gasteiger partial charge on any atom is 0.137 e. The molecular formula is C18H18N2.